The van der Waals surface area contributed by atoms with Crippen molar-refractivity contribution in [2.24, 2.45) is 5.73 Å². The molecule has 1 atom stereocenters. The molecular formula is C14H18FN3O3. The van der Waals surface area contributed by atoms with E-state index < -0.39 is 12.0 Å². The lowest BCUT2D eigenvalue weighted by atomic mass is 10.1. The molecule has 114 valence electrons. The average Bonchev–Trinajstić information content (AvgIpc) is 2.47. The number of nitrogens with two attached hydrogens (primary N) is 1. The van der Waals surface area contributed by atoms with Crippen LogP contribution in [0.25, 0.3) is 0 Å². The maximum absolute atomic E-state index is 12.9. The highest BCUT2D eigenvalue weighted by atomic mass is 19.1. The summed E-state index contributed by atoms with van der Waals surface area (Å²) in [7, 11) is 0. The van der Waals surface area contributed by atoms with Gasteiger partial charge in [-0.25, -0.2) is 4.39 Å². The Hall–Kier alpha value is -2.15. The fourth-order valence-corrected chi connectivity index (χ4v) is 2.35. The summed E-state index contributed by atoms with van der Waals surface area (Å²) in [6.45, 7) is 2.17. The van der Waals surface area contributed by atoms with Gasteiger partial charge in [0.2, 0.25) is 5.91 Å². The number of halogens is 1. The van der Waals surface area contributed by atoms with Gasteiger partial charge in [0.1, 0.15) is 5.82 Å². The zero-order valence-corrected chi connectivity index (χ0v) is 11.5. The lowest BCUT2D eigenvalue weighted by molar-refractivity contribution is -0.142. The smallest absolute Gasteiger partial charge is 0.305 e. The molecule has 1 amide bonds. The minimum Gasteiger partial charge on any atom is -0.481 e. The fourth-order valence-electron chi connectivity index (χ4n) is 2.35. The van der Waals surface area contributed by atoms with E-state index in [1.54, 1.807) is 17.0 Å². The Bertz CT molecular complexity index is 513. The first-order valence-electron chi connectivity index (χ1n) is 6.74. The Morgan fingerprint density at radius 3 is 2.29 bits per heavy atom. The summed E-state index contributed by atoms with van der Waals surface area (Å²) in [6.07, 6.45) is -0.364. The number of nitrogens with zero attached hydrogens (tertiary/aromatic N) is 2. The second-order valence-corrected chi connectivity index (χ2v) is 4.99. The van der Waals surface area contributed by atoms with Gasteiger partial charge >= 0.3 is 5.97 Å². The number of amides is 1. The second kappa shape index (κ2) is 6.53. The number of carbonyl (C=O) groups excluding carboxylic acids is 1. The number of carboxylic acids is 1. The molecule has 1 aromatic carbocycles. The molecule has 0 saturated carbocycles. The van der Waals surface area contributed by atoms with E-state index in [1.807, 2.05) is 4.90 Å². The van der Waals surface area contributed by atoms with Gasteiger partial charge in [-0.1, -0.05) is 0 Å². The van der Waals surface area contributed by atoms with E-state index in [-0.39, 0.29) is 18.1 Å². The predicted molar refractivity (Wildman–Crippen MR) is 75.4 cm³/mol. The van der Waals surface area contributed by atoms with Gasteiger partial charge in [-0.15, -0.1) is 0 Å². The van der Waals surface area contributed by atoms with E-state index >= 15 is 0 Å². The zero-order valence-electron chi connectivity index (χ0n) is 11.5. The summed E-state index contributed by atoms with van der Waals surface area (Å²) >= 11 is 0. The molecule has 1 aliphatic rings. The third-order valence-corrected chi connectivity index (χ3v) is 3.49. The first kappa shape index (κ1) is 15.2. The van der Waals surface area contributed by atoms with Gasteiger partial charge in [-0.2, -0.15) is 0 Å². The molecule has 1 fully saturated rings. The normalized spacial score (nSPS) is 16.7. The van der Waals surface area contributed by atoms with E-state index in [1.165, 1.54) is 12.1 Å². The van der Waals surface area contributed by atoms with Crippen LogP contribution in [0.1, 0.15) is 6.42 Å². The van der Waals surface area contributed by atoms with Crippen molar-refractivity contribution in [3.63, 3.8) is 0 Å². The monoisotopic (exact) mass is 295 g/mol. The van der Waals surface area contributed by atoms with Crippen LogP contribution in [-0.2, 0) is 9.59 Å². The molecular weight excluding hydrogens is 277 g/mol. The molecule has 0 bridgehead atoms. The zero-order chi connectivity index (χ0) is 15.4. The van der Waals surface area contributed by atoms with Crippen molar-refractivity contribution in [2.75, 3.05) is 31.1 Å². The molecule has 1 aliphatic heterocycles. The molecule has 0 aliphatic carbocycles. The van der Waals surface area contributed by atoms with Crippen molar-refractivity contribution >= 4 is 17.6 Å². The molecule has 2 rings (SSSR count). The Morgan fingerprint density at radius 2 is 1.76 bits per heavy atom. The molecule has 1 heterocycles. The van der Waals surface area contributed by atoms with Crippen molar-refractivity contribution in [1.82, 2.24) is 4.90 Å². The van der Waals surface area contributed by atoms with Crippen LogP contribution in [0.15, 0.2) is 24.3 Å². The van der Waals surface area contributed by atoms with Crippen molar-refractivity contribution in [1.29, 1.82) is 0 Å². The number of hydrogen-bond acceptors (Lipinski definition) is 4. The van der Waals surface area contributed by atoms with Gasteiger partial charge in [0.05, 0.1) is 12.5 Å². The molecule has 0 radical (unpaired) electrons. The summed E-state index contributed by atoms with van der Waals surface area (Å²) in [5, 5.41) is 8.65. The Labute approximate surface area is 121 Å². The highest BCUT2D eigenvalue weighted by Crippen LogP contribution is 2.17. The highest BCUT2D eigenvalue weighted by Gasteiger charge is 2.26. The Morgan fingerprint density at radius 1 is 1.19 bits per heavy atom. The van der Waals surface area contributed by atoms with E-state index in [9.17, 15) is 14.0 Å². The predicted octanol–water partition coefficient (Wildman–Crippen LogP) is 0.276. The molecule has 1 aromatic rings. The van der Waals surface area contributed by atoms with Gasteiger partial charge < -0.3 is 20.6 Å². The minimum atomic E-state index is -1.08. The standard InChI is InChI=1S/C14H18FN3O3/c15-10-1-3-11(4-2-10)17-5-7-18(8-6-17)14(21)12(16)9-13(19)20/h1-4,12H,5-9,16H2,(H,19,20). The molecule has 21 heavy (non-hydrogen) atoms. The molecule has 3 N–H and O–H groups in total. The van der Waals surface area contributed by atoms with Gasteiger partial charge in [0.25, 0.3) is 0 Å². The number of benzene rings is 1. The van der Waals surface area contributed by atoms with E-state index in [0.717, 1.165) is 5.69 Å². The van der Waals surface area contributed by atoms with Crippen LogP contribution in [0.2, 0.25) is 0 Å². The average molecular weight is 295 g/mol. The maximum Gasteiger partial charge on any atom is 0.305 e. The molecule has 7 heteroatoms. The topological polar surface area (TPSA) is 86.9 Å². The van der Waals surface area contributed by atoms with E-state index in [0.29, 0.717) is 26.2 Å². The number of aliphatic carboxylic acids is 1. The van der Waals surface area contributed by atoms with Crippen LogP contribution in [0.3, 0.4) is 0 Å². The third-order valence-electron chi connectivity index (χ3n) is 3.49. The number of rotatable bonds is 4. The largest absolute Gasteiger partial charge is 0.481 e. The summed E-state index contributed by atoms with van der Waals surface area (Å²) in [4.78, 5) is 26.2. The lowest BCUT2D eigenvalue weighted by Crippen LogP contribution is -2.53. The van der Waals surface area contributed by atoms with Crippen LogP contribution in [0.4, 0.5) is 10.1 Å². The summed E-state index contributed by atoms with van der Waals surface area (Å²) in [6, 6.07) is 5.19. The van der Waals surface area contributed by atoms with Crippen molar-refractivity contribution in [2.45, 2.75) is 12.5 Å². The first-order valence-corrected chi connectivity index (χ1v) is 6.74. The minimum absolute atomic E-state index is 0.285. The summed E-state index contributed by atoms with van der Waals surface area (Å²) < 4.78 is 12.9. The van der Waals surface area contributed by atoms with Gasteiger partial charge in [0, 0.05) is 31.9 Å². The van der Waals surface area contributed by atoms with Crippen molar-refractivity contribution in [3.05, 3.63) is 30.1 Å². The van der Waals surface area contributed by atoms with Crippen LogP contribution >= 0.6 is 0 Å². The highest BCUT2D eigenvalue weighted by molar-refractivity contribution is 5.86. The number of carbonyl (C=O) groups is 2. The molecule has 6 nitrogen and oxygen atoms in total. The molecule has 0 aromatic heterocycles. The molecule has 0 spiro atoms. The quantitative estimate of drug-likeness (QED) is 0.833. The third kappa shape index (κ3) is 3.91. The van der Waals surface area contributed by atoms with Gasteiger partial charge in [-0.3, -0.25) is 9.59 Å². The number of hydrogen-bond donors (Lipinski definition) is 2. The van der Waals surface area contributed by atoms with Crippen molar-refractivity contribution in [3.8, 4) is 0 Å². The number of carboxylic acid groups (broad SMARTS) is 1. The number of piperazine rings is 1. The maximum atomic E-state index is 12.9. The molecule has 1 unspecified atom stereocenters. The SMILES string of the molecule is NC(CC(=O)O)C(=O)N1CCN(c2ccc(F)cc2)CC1. The Kier molecular flexibility index (Phi) is 4.74. The van der Waals surface area contributed by atoms with Crippen LogP contribution in [-0.4, -0.2) is 54.1 Å². The summed E-state index contributed by atoms with van der Waals surface area (Å²) in [5.41, 5.74) is 6.49. The van der Waals surface area contributed by atoms with Gasteiger partial charge in [0.15, 0.2) is 0 Å². The van der Waals surface area contributed by atoms with Crippen molar-refractivity contribution < 1.29 is 19.1 Å². The molecule has 1 saturated heterocycles. The lowest BCUT2D eigenvalue weighted by Gasteiger charge is -2.37. The first-order chi connectivity index (χ1) is 9.97. The summed E-state index contributed by atoms with van der Waals surface area (Å²) in [5.74, 6) is -1.70. The number of anilines is 1. The van der Waals surface area contributed by atoms with Crippen LogP contribution < -0.4 is 10.6 Å². The second-order valence-electron chi connectivity index (χ2n) is 4.99. The Balaban J connectivity index is 1.89. The van der Waals surface area contributed by atoms with Crippen LogP contribution in [0.5, 0.6) is 0 Å². The van der Waals surface area contributed by atoms with E-state index in [2.05, 4.69) is 0 Å². The fraction of sp³-hybridized carbons (Fsp3) is 0.429. The van der Waals surface area contributed by atoms with E-state index in [4.69, 9.17) is 10.8 Å². The van der Waals surface area contributed by atoms with Gasteiger partial charge in [-0.05, 0) is 24.3 Å². The van der Waals surface area contributed by atoms with Crippen LogP contribution in [0, 0.1) is 5.82 Å².